The lowest BCUT2D eigenvalue weighted by Crippen LogP contribution is -2.29. The zero-order valence-corrected chi connectivity index (χ0v) is 20.0. The fourth-order valence-electron chi connectivity index (χ4n) is 4.16. The topological polar surface area (TPSA) is 38.8 Å². The number of esters is 1. The number of thiophene rings is 1. The number of hydrogen-bond acceptors (Lipinski definition) is 5. The van der Waals surface area contributed by atoms with Gasteiger partial charge in [-0.3, -0.25) is 9.69 Å². The van der Waals surface area contributed by atoms with Crippen molar-refractivity contribution < 1.29 is 14.3 Å². The van der Waals surface area contributed by atoms with Gasteiger partial charge < -0.3 is 9.47 Å². The van der Waals surface area contributed by atoms with E-state index >= 15 is 0 Å². The van der Waals surface area contributed by atoms with Gasteiger partial charge in [-0.15, -0.1) is 17.3 Å². The Hall–Kier alpha value is -3.07. The van der Waals surface area contributed by atoms with Crippen LogP contribution in [0.3, 0.4) is 0 Å². The molecule has 0 saturated heterocycles. The smallest absolute Gasteiger partial charge is 0.307 e. The molecule has 0 amide bonds. The second kappa shape index (κ2) is 11.2. The van der Waals surface area contributed by atoms with Gasteiger partial charge >= 0.3 is 5.97 Å². The first-order valence-corrected chi connectivity index (χ1v) is 12.1. The molecular formula is C28H29NO3S. The molecule has 0 N–H and O–H groups in total. The summed E-state index contributed by atoms with van der Waals surface area (Å²) in [7, 11) is 1.40. The fourth-order valence-corrected chi connectivity index (χ4v) is 5.05. The van der Waals surface area contributed by atoms with Crippen LogP contribution in [0.2, 0.25) is 0 Å². The number of fused-ring (bicyclic) bond motifs is 1. The third kappa shape index (κ3) is 6.25. The number of benzene rings is 2. The molecule has 5 heteroatoms. The first-order valence-electron chi connectivity index (χ1n) is 11.2. The molecule has 1 atom stereocenters. The molecule has 3 aromatic rings. The van der Waals surface area contributed by atoms with Crippen LogP contribution in [-0.2, 0) is 35.6 Å². The Labute approximate surface area is 200 Å². The molecule has 33 heavy (non-hydrogen) atoms. The van der Waals surface area contributed by atoms with Crippen LogP contribution >= 0.6 is 11.3 Å². The van der Waals surface area contributed by atoms with E-state index in [0.717, 1.165) is 42.9 Å². The molecule has 1 aliphatic heterocycles. The van der Waals surface area contributed by atoms with E-state index < -0.39 is 0 Å². The van der Waals surface area contributed by atoms with Crippen LogP contribution in [-0.4, -0.2) is 24.5 Å². The van der Waals surface area contributed by atoms with E-state index in [2.05, 4.69) is 52.5 Å². The molecule has 2 aromatic carbocycles. The van der Waals surface area contributed by atoms with E-state index in [4.69, 9.17) is 9.47 Å². The lowest BCUT2D eigenvalue weighted by atomic mass is 9.96. The van der Waals surface area contributed by atoms with Gasteiger partial charge in [-0.25, -0.2) is 0 Å². The highest BCUT2D eigenvalue weighted by molar-refractivity contribution is 7.10. The van der Waals surface area contributed by atoms with Crippen molar-refractivity contribution in [3.63, 3.8) is 0 Å². The average molecular weight is 460 g/mol. The Morgan fingerprint density at radius 3 is 2.76 bits per heavy atom. The van der Waals surface area contributed by atoms with Crippen LogP contribution in [0.1, 0.15) is 46.4 Å². The molecule has 0 radical (unpaired) electrons. The van der Waals surface area contributed by atoms with Gasteiger partial charge in [-0.05, 0) is 59.2 Å². The minimum atomic E-state index is -0.261. The number of nitrogens with zero attached hydrogens (tertiary/aromatic N) is 1. The number of carbonyl (C=O) groups is 1. The summed E-state index contributed by atoms with van der Waals surface area (Å²) in [5.74, 6) is 6.36. The van der Waals surface area contributed by atoms with Gasteiger partial charge in [0.25, 0.3) is 0 Å². The van der Waals surface area contributed by atoms with Gasteiger partial charge in [0.1, 0.15) is 12.4 Å². The summed E-state index contributed by atoms with van der Waals surface area (Å²) in [6, 6.07) is 18.7. The maximum atomic E-state index is 11.7. The van der Waals surface area contributed by atoms with E-state index in [0.29, 0.717) is 6.61 Å². The van der Waals surface area contributed by atoms with Crippen LogP contribution in [0, 0.1) is 11.8 Å². The lowest BCUT2D eigenvalue weighted by molar-refractivity contribution is -0.140. The van der Waals surface area contributed by atoms with Crippen LogP contribution in [0.25, 0.3) is 0 Å². The molecular weight excluding hydrogens is 430 g/mol. The molecule has 170 valence electrons. The van der Waals surface area contributed by atoms with E-state index in [1.165, 1.54) is 23.1 Å². The zero-order chi connectivity index (χ0) is 23.0. The molecule has 4 rings (SSSR count). The first kappa shape index (κ1) is 23.1. The monoisotopic (exact) mass is 459 g/mol. The minimum Gasteiger partial charge on any atom is -0.489 e. The van der Waals surface area contributed by atoms with Crippen molar-refractivity contribution in [1.82, 2.24) is 4.90 Å². The van der Waals surface area contributed by atoms with Crippen molar-refractivity contribution in [2.75, 3.05) is 13.7 Å². The van der Waals surface area contributed by atoms with Crippen molar-refractivity contribution in [3.8, 4) is 17.6 Å². The highest BCUT2D eigenvalue weighted by Gasteiger charge is 2.17. The first-order chi connectivity index (χ1) is 16.1. The second-order valence-electron chi connectivity index (χ2n) is 8.23. The standard InChI is InChI=1S/C28H29NO3S/c1-3-5-24(17-28(30)31-2)23-8-10-26(11-9-23)32-20-22-7-4-6-21(16-22)18-29-14-12-27-25(19-29)13-15-33-27/h4,6-11,13,15-16,24H,12,14,17-20H2,1-2H3. The third-order valence-corrected chi connectivity index (χ3v) is 6.91. The summed E-state index contributed by atoms with van der Waals surface area (Å²) in [5, 5.41) is 2.20. The van der Waals surface area contributed by atoms with Gasteiger partial charge in [0.2, 0.25) is 0 Å². The molecule has 0 spiro atoms. The fraction of sp³-hybridized carbons (Fsp3) is 0.321. The molecule has 1 unspecified atom stereocenters. The summed E-state index contributed by atoms with van der Waals surface area (Å²) >= 11 is 1.88. The predicted octanol–water partition coefficient (Wildman–Crippen LogP) is 5.56. The van der Waals surface area contributed by atoms with Crippen LogP contribution < -0.4 is 4.74 Å². The van der Waals surface area contributed by atoms with Crippen LogP contribution in [0.5, 0.6) is 5.75 Å². The Morgan fingerprint density at radius 1 is 1.15 bits per heavy atom. The Balaban J connectivity index is 1.33. The van der Waals surface area contributed by atoms with Crippen molar-refractivity contribution in [1.29, 1.82) is 0 Å². The van der Waals surface area contributed by atoms with Crippen molar-refractivity contribution in [2.24, 2.45) is 0 Å². The lowest BCUT2D eigenvalue weighted by Gasteiger charge is -2.27. The normalized spacial score (nSPS) is 14.0. The minimum absolute atomic E-state index is 0.173. The number of methoxy groups -OCH3 is 1. The van der Waals surface area contributed by atoms with Gasteiger partial charge in [0.05, 0.1) is 19.4 Å². The summed E-state index contributed by atoms with van der Waals surface area (Å²) in [4.78, 5) is 15.7. The molecule has 0 fully saturated rings. The Morgan fingerprint density at radius 2 is 1.97 bits per heavy atom. The molecule has 0 saturated carbocycles. The second-order valence-corrected chi connectivity index (χ2v) is 9.24. The van der Waals surface area contributed by atoms with Gasteiger partial charge in [-0.1, -0.05) is 42.3 Å². The van der Waals surface area contributed by atoms with Crippen molar-refractivity contribution in [2.45, 2.75) is 45.4 Å². The SMILES string of the molecule is CC#CC(CC(=O)OC)c1ccc(OCc2cccc(CN3CCc4sccc4C3)c2)cc1. The third-order valence-electron chi connectivity index (χ3n) is 5.89. The van der Waals surface area contributed by atoms with Crippen molar-refractivity contribution in [3.05, 3.63) is 87.1 Å². The summed E-state index contributed by atoms with van der Waals surface area (Å²) in [5.41, 5.74) is 4.94. The number of hydrogen-bond donors (Lipinski definition) is 0. The van der Waals surface area contributed by atoms with Crippen LogP contribution in [0.15, 0.2) is 60.0 Å². The van der Waals surface area contributed by atoms with Gasteiger partial charge in [0.15, 0.2) is 0 Å². The average Bonchev–Trinajstić information content (AvgIpc) is 3.31. The maximum absolute atomic E-state index is 11.7. The van der Waals surface area contributed by atoms with E-state index in [-0.39, 0.29) is 18.3 Å². The van der Waals surface area contributed by atoms with Gasteiger partial charge in [0, 0.05) is 24.5 Å². The molecule has 0 aliphatic carbocycles. The molecule has 4 nitrogen and oxygen atoms in total. The van der Waals surface area contributed by atoms with E-state index in [1.54, 1.807) is 6.92 Å². The van der Waals surface area contributed by atoms with E-state index in [9.17, 15) is 4.79 Å². The molecule has 1 aliphatic rings. The Bertz CT molecular complexity index is 1140. The summed E-state index contributed by atoms with van der Waals surface area (Å²) in [6.45, 7) is 5.39. The maximum Gasteiger partial charge on any atom is 0.307 e. The van der Waals surface area contributed by atoms with Gasteiger partial charge in [-0.2, -0.15) is 0 Å². The number of ether oxygens (including phenoxy) is 2. The molecule has 1 aromatic heterocycles. The quantitative estimate of drug-likeness (QED) is 0.327. The van der Waals surface area contributed by atoms with E-state index in [1.807, 2.05) is 35.6 Å². The van der Waals surface area contributed by atoms with Crippen molar-refractivity contribution >= 4 is 17.3 Å². The largest absolute Gasteiger partial charge is 0.489 e. The molecule has 2 heterocycles. The molecule has 0 bridgehead atoms. The Kier molecular flexibility index (Phi) is 7.83. The summed E-state index contributed by atoms with van der Waals surface area (Å²) in [6.07, 6.45) is 1.39. The van der Waals surface area contributed by atoms with Crippen LogP contribution in [0.4, 0.5) is 0 Å². The highest BCUT2D eigenvalue weighted by Crippen LogP contribution is 2.26. The highest BCUT2D eigenvalue weighted by atomic mass is 32.1. The predicted molar refractivity (Wildman–Crippen MR) is 132 cm³/mol. The zero-order valence-electron chi connectivity index (χ0n) is 19.2. The number of rotatable bonds is 8. The summed E-state index contributed by atoms with van der Waals surface area (Å²) < 4.78 is 10.8. The number of carbonyl (C=O) groups excluding carboxylic acids is 1.